The summed E-state index contributed by atoms with van der Waals surface area (Å²) in [5, 5.41) is 3.20. The number of imide groups is 1. The van der Waals surface area contributed by atoms with Crippen molar-refractivity contribution in [3.8, 4) is 0 Å². The number of nitrogens with zero attached hydrogens (tertiary/aromatic N) is 3. The summed E-state index contributed by atoms with van der Waals surface area (Å²) in [5.41, 5.74) is 1.71. The van der Waals surface area contributed by atoms with Gasteiger partial charge < -0.3 is 9.32 Å². The molecular formula is C23H20N4O5S. The van der Waals surface area contributed by atoms with E-state index in [2.05, 4.69) is 10.3 Å². The Labute approximate surface area is 193 Å². The molecule has 2 aromatic heterocycles. The first-order valence-corrected chi connectivity index (χ1v) is 11.4. The minimum Gasteiger partial charge on any atom is -0.459 e. The molecule has 10 heteroatoms. The Morgan fingerprint density at radius 1 is 1.09 bits per heavy atom. The number of nitrogens with one attached hydrogen (secondary N) is 1. The number of rotatable bonds is 6. The number of aromatic nitrogens is 1. The molecule has 0 saturated carbocycles. The highest BCUT2D eigenvalue weighted by atomic mass is 32.1. The number of thiazole rings is 1. The molecule has 0 fully saturated rings. The van der Waals surface area contributed by atoms with Gasteiger partial charge in [-0.25, -0.2) is 4.98 Å². The molecule has 4 amide bonds. The summed E-state index contributed by atoms with van der Waals surface area (Å²) in [4.78, 5) is 58.2. The van der Waals surface area contributed by atoms with E-state index in [1.165, 1.54) is 22.5 Å². The molecule has 1 aromatic carbocycles. The van der Waals surface area contributed by atoms with Gasteiger partial charge in [0.1, 0.15) is 0 Å². The molecule has 4 heterocycles. The van der Waals surface area contributed by atoms with Crippen LogP contribution < -0.4 is 5.32 Å². The summed E-state index contributed by atoms with van der Waals surface area (Å²) in [6.07, 6.45) is 2.68. The molecule has 5 rings (SSSR count). The highest BCUT2D eigenvalue weighted by Crippen LogP contribution is 2.29. The van der Waals surface area contributed by atoms with E-state index in [1.54, 1.807) is 41.3 Å². The Kier molecular flexibility index (Phi) is 5.51. The van der Waals surface area contributed by atoms with E-state index in [0.717, 1.165) is 10.6 Å². The summed E-state index contributed by atoms with van der Waals surface area (Å²) < 4.78 is 5.09. The molecular weight excluding hydrogens is 444 g/mol. The van der Waals surface area contributed by atoms with Crippen LogP contribution in [0, 0.1) is 0 Å². The molecule has 168 valence electrons. The summed E-state index contributed by atoms with van der Waals surface area (Å²) in [6.45, 7) is 1.17. The number of hydrogen-bond acceptors (Lipinski definition) is 7. The Balaban J connectivity index is 1.14. The Morgan fingerprint density at radius 2 is 1.85 bits per heavy atom. The lowest BCUT2D eigenvalue weighted by molar-refractivity contribution is -0.132. The standard InChI is InChI=1S/C23H20N4O5S/c28-19(8-3-10-27-21(30)14-5-1-2-6-15(14)22(27)31)26-11-9-16-18(13-26)33-23(24-16)25-20(29)17-7-4-12-32-17/h1-2,4-7,12H,3,8-11,13H2,(H,24,25,29). The van der Waals surface area contributed by atoms with Gasteiger partial charge in [-0.2, -0.15) is 0 Å². The van der Waals surface area contributed by atoms with Crippen molar-refractivity contribution in [1.29, 1.82) is 0 Å². The third-order valence-electron chi connectivity index (χ3n) is 5.70. The quantitative estimate of drug-likeness (QED) is 0.561. The van der Waals surface area contributed by atoms with Crippen molar-refractivity contribution in [2.75, 3.05) is 18.4 Å². The van der Waals surface area contributed by atoms with Crippen LogP contribution in [0.2, 0.25) is 0 Å². The third-order valence-corrected chi connectivity index (χ3v) is 6.70. The molecule has 3 aromatic rings. The second kappa shape index (κ2) is 8.62. The van der Waals surface area contributed by atoms with Crippen LogP contribution in [0.4, 0.5) is 5.13 Å². The highest BCUT2D eigenvalue weighted by molar-refractivity contribution is 7.15. The normalized spacial score (nSPS) is 14.9. The lowest BCUT2D eigenvalue weighted by atomic mass is 10.1. The average molecular weight is 465 g/mol. The maximum absolute atomic E-state index is 12.7. The van der Waals surface area contributed by atoms with Crippen molar-refractivity contribution in [3.63, 3.8) is 0 Å². The van der Waals surface area contributed by atoms with E-state index in [9.17, 15) is 19.2 Å². The van der Waals surface area contributed by atoms with Crippen molar-refractivity contribution in [3.05, 3.63) is 70.1 Å². The summed E-state index contributed by atoms with van der Waals surface area (Å²) in [7, 11) is 0. The first-order chi connectivity index (χ1) is 16.0. The maximum Gasteiger partial charge on any atom is 0.293 e. The summed E-state index contributed by atoms with van der Waals surface area (Å²) in [6, 6.07) is 9.97. The second-order valence-corrected chi connectivity index (χ2v) is 8.88. The van der Waals surface area contributed by atoms with Crippen molar-refractivity contribution in [2.45, 2.75) is 25.8 Å². The van der Waals surface area contributed by atoms with Gasteiger partial charge in [-0.05, 0) is 30.7 Å². The number of anilines is 1. The lowest BCUT2D eigenvalue weighted by Gasteiger charge is -2.26. The van der Waals surface area contributed by atoms with Gasteiger partial charge in [-0.1, -0.05) is 23.5 Å². The molecule has 2 aliphatic heterocycles. The number of fused-ring (bicyclic) bond motifs is 2. The molecule has 0 unspecified atom stereocenters. The molecule has 1 N–H and O–H groups in total. The Hall–Kier alpha value is -3.79. The van der Waals surface area contributed by atoms with Crippen LogP contribution in [0.3, 0.4) is 0 Å². The van der Waals surface area contributed by atoms with Crippen molar-refractivity contribution < 1.29 is 23.6 Å². The average Bonchev–Trinajstić information content (AvgIpc) is 3.54. The molecule has 2 aliphatic rings. The maximum atomic E-state index is 12.7. The van der Waals surface area contributed by atoms with E-state index in [0.29, 0.717) is 42.2 Å². The summed E-state index contributed by atoms with van der Waals surface area (Å²) >= 11 is 1.34. The predicted octanol–water partition coefficient (Wildman–Crippen LogP) is 2.95. The van der Waals surface area contributed by atoms with Crippen LogP contribution in [0.25, 0.3) is 0 Å². The smallest absolute Gasteiger partial charge is 0.293 e. The van der Waals surface area contributed by atoms with Gasteiger partial charge >= 0.3 is 0 Å². The van der Waals surface area contributed by atoms with Gasteiger partial charge in [0.15, 0.2) is 10.9 Å². The molecule has 0 saturated heterocycles. The fraction of sp³-hybridized carbons (Fsp3) is 0.261. The van der Waals surface area contributed by atoms with E-state index >= 15 is 0 Å². The van der Waals surface area contributed by atoms with Crippen LogP contribution in [-0.4, -0.2) is 51.5 Å². The predicted molar refractivity (Wildman–Crippen MR) is 119 cm³/mol. The molecule has 0 radical (unpaired) electrons. The zero-order valence-electron chi connectivity index (χ0n) is 17.6. The molecule has 0 aliphatic carbocycles. The van der Waals surface area contributed by atoms with Gasteiger partial charge in [0.05, 0.1) is 29.6 Å². The van der Waals surface area contributed by atoms with E-state index < -0.39 is 0 Å². The van der Waals surface area contributed by atoms with E-state index in [4.69, 9.17) is 4.42 Å². The molecule has 33 heavy (non-hydrogen) atoms. The van der Waals surface area contributed by atoms with Crippen molar-refractivity contribution in [1.82, 2.24) is 14.8 Å². The zero-order chi connectivity index (χ0) is 22.9. The molecule has 0 atom stereocenters. The van der Waals surface area contributed by atoms with E-state index in [-0.39, 0.29) is 42.4 Å². The molecule has 0 bridgehead atoms. The van der Waals surface area contributed by atoms with Gasteiger partial charge in [-0.15, -0.1) is 0 Å². The largest absolute Gasteiger partial charge is 0.459 e. The molecule has 9 nitrogen and oxygen atoms in total. The summed E-state index contributed by atoms with van der Waals surface area (Å²) in [5.74, 6) is -0.809. The Morgan fingerprint density at radius 3 is 2.55 bits per heavy atom. The number of hydrogen-bond donors (Lipinski definition) is 1. The van der Waals surface area contributed by atoms with Crippen molar-refractivity contribution >= 4 is 40.1 Å². The minimum atomic E-state index is -0.368. The molecule has 0 spiro atoms. The first kappa shape index (κ1) is 21.1. The Bertz CT molecular complexity index is 1210. The fourth-order valence-corrected chi connectivity index (χ4v) is 5.04. The third kappa shape index (κ3) is 4.05. The van der Waals surface area contributed by atoms with Crippen molar-refractivity contribution in [2.24, 2.45) is 0 Å². The zero-order valence-corrected chi connectivity index (χ0v) is 18.4. The van der Waals surface area contributed by atoms with Crippen LogP contribution in [0.1, 0.15) is 54.7 Å². The second-order valence-electron chi connectivity index (χ2n) is 7.80. The SMILES string of the molecule is O=C(Nc1nc2c(s1)CN(C(=O)CCCN1C(=O)c3ccccc3C1=O)CC2)c1ccco1. The van der Waals surface area contributed by atoms with Gasteiger partial charge in [0.25, 0.3) is 17.7 Å². The minimum absolute atomic E-state index is 0.0353. The topological polar surface area (TPSA) is 113 Å². The van der Waals surface area contributed by atoms with E-state index in [1.807, 2.05) is 0 Å². The fourth-order valence-electron chi connectivity index (χ4n) is 4.02. The highest BCUT2D eigenvalue weighted by Gasteiger charge is 2.34. The van der Waals surface area contributed by atoms with Crippen LogP contribution in [0.15, 0.2) is 47.1 Å². The first-order valence-electron chi connectivity index (χ1n) is 10.6. The monoisotopic (exact) mass is 464 g/mol. The van der Waals surface area contributed by atoms with Gasteiger partial charge in [0.2, 0.25) is 5.91 Å². The number of furan rings is 1. The number of amides is 4. The number of carbonyl (C=O) groups excluding carboxylic acids is 4. The lowest BCUT2D eigenvalue weighted by Crippen LogP contribution is -2.36. The van der Waals surface area contributed by atoms with Gasteiger partial charge in [0, 0.05) is 30.8 Å². The van der Waals surface area contributed by atoms with Crippen LogP contribution in [-0.2, 0) is 17.8 Å². The van der Waals surface area contributed by atoms with Gasteiger partial charge in [-0.3, -0.25) is 29.4 Å². The van der Waals surface area contributed by atoms with Crippen LogP contribution in [0.5, 0.6) is 0 Å². The number of benzene rings is 1. The van der Waals surface area contributed by atoms with Crippen LogP contribution >= 0.6 is 11.3 Å². The number of carbonyl (C=O) groups is 4.